The number of nitrogens with one attached hydrogen (secondary N) is 1. The van der Waals surface area contributed by atoms with Crippen molar-refractivity contribution in [2.24, 2.45) is 0 Å². The second-order valence-corrected chi connectivity index (χ2v) is 6.05. The number of rotatable bonds is 6. The predicted molar refractivity (Wildman–Crippen MR) is 84.0 cm³/mol. The van der Waals surface area contributed by atoms with Crippen molar-refractivity contribution in [2.45, 2.75) is 45.3 Å². The van der Waals surface area contributed by atoms with Crippen molar-refractivity contribution >= 4 is 5.91 Å². The van der Waals surface area contributed by atoms with Crippen LogP contribution < -0.4 is 5.32 Å². The summed E-state index contributed by atoms with van der Waals surface area (Å²) in [6, 6.07) is 3.88. The topological polar surface area (TPSA) is 41.6 Å². The van der Waals surface area contributed by atoms with Gasteiger partial charge in [0.2, 0.25) is 5.91 Å². The number of ether oxygens (including phenoxy) is 1. The third-order valence-corrected chi connectivity index (χ3v) is 4.17. The Bertz CT molecular complexity index is 551. The van der Waals surface area contributed by atoms with Gasteiger partial charge in [0.15, 0.2) is 11.6 Å². The summed E-state index contributed by atoms with van der Waals surface area (Å²) in [6.07, 6.45) is 0.764. The number of halogens is 2. The van der Waals surface area contributed by atoms with Gasteiger partial charge in [0.25, 0.3) is 0 Å². The molecule has 1 saturated heterocycles. The number of likely N-dealkylation sites (tertiary alicyclic amines) is 1. The molecule has 0 spiro atoms. The van der Waals surface area contributed by atoms with Gasteiger partial charge in [-0.15, -0.1) is 0 Å². The molecular formula is C17H24F2N2O2. The minimum absolute atomic E-state index is 0.0131. The molecule has 2 atom stereocenters. The molecular weight excluding hydrogens is 302 g/mol. The first-order valence-electron chi connectivity index (χ1n) is 8.01. The number of nitrogens with zero attached hydrogens (tertiary/aromatic N) is 1. The zero-order chi connectivity index (χ0) is 17.0. The summed E-state index contributed by atoms with van der Waals surface area (Å²) in [5.74, 6) is -1.91. The molecule has 1 heterocycles. The molecule has 23 heavy (non-hydrogen) atoms. The zero-order valence-corrected chi connectivity index (χ0v) is 13.8. The Kier molecular flexibility index (Phi) is 6.07. The van der Waals surface area contributed by atoms with E-state index in [9.17, 15) is 13.6 Å². The molecule has 1 aromatic rings. The minimum atomic E-state index is -0.863. The minimum Gasteiger partial charge on any atom is -0.372 e. The molecule has 1 aliphatic rings. The number of amides is 1. The largest absolute Gasteiger partial charge is 0.372 e. The van der Waals surface area contributed by atoms with E-state index in [1.54, 1.807) is 6.07 Å². The SMILES string of the molecule is CCOCC(=O)NC1CCN(C(C)C)C1c1ccc(F)c(F)c1. The Morgan fingerprint density at radius 2 is 2.13 bits per heavy atom. The molecule has 4 nitrogen and oxygen atoms in total. The Labute approximate surface area is 135 Å². The molecule has 0 radical (unpaired) electrons. The first-order chi connectivity index (χ1) is 10.9. The van der Waals surface area contributed by atoms with E-state index in [4.69, 9.17) is 4.74 Å². The molecule has 6 heteroatoms. The van der Waals surface area contributed by atoms with E-state index in [-0.39, 0.29) is 30.6 Å². The maximum Gasteiger partial charge on any atom is 0.246 e. The van der Waals surface area contributed by atoms with Crippen LogP contribution in [0.25, 0.3) is 0 Å². The fourth-order valence-corrected chi connectivity index (χ4v) is 3.11. The number of carbonyl (C=O) groups is 1. The van der Waals surface area contributed by atoms with E-state index in [0.717, 1.165) is 19.0 Å². The van der Waals surface area contributed by atoms with Gasteiger partial charge in [-0.3, -0.25) is 9.69 Å². The summed E-state index contributed by atoms with van der Waals surface area (Å²) < 4.78 is 31.9. The average Bonchev–Trinajstić information content (AvgIpc) is 2.91. The molecule has 1 amide bonds. The highest BCUT2D eigenvalue weighted by atomic mass is 19.2. The van der Waals surface area contributed by atoms with Crippen LogP contribution in [0, 0.1) is 11.6 Å². The number of hydrogen-bond acceptors (Lipinski definition) is 3. The second kappa shape index (κ2) is 7.84. The van der Waals surface area contributed by atoms with Crippen LogP contribution in [0.3, 0.4) is 0 Å². The van der Waals surface area contributed by atoms with Gasteiger partial charge >= 0.3 is 0 Å². The van der Waals surface area contributed by atoms with Gasteiger partial charge in [0.05, 0.1) is 6.04 Å². The van der Waals surface area contributed by atoms with Crippen LogP contribution >= 0.6 is 0 Å². The Hall–Kier alpha value is -1.53. The van der Waals surface area contributed by atoms with Gasteiger partial charge in [-0.25, -0.2) is 8.78 Å². The van der Waals surface area contributed by atoms with E-state index in [1.165, 1.54) is 6.07 Å². The van der Waals surface area contributed by atoms with Gasteiger partial charge < -0.3 is 10.1 Å². The Morgan fingerprint density at radius 1 is 1.39 bits per heavy atom. The smallest absolute Gasteiger partial charge is 0.246 e. The third-order valence-electron chi connectivity index (χ3n) is 4.17. The number of carbonyl (C=O) groups excluding carboxylic acids is 1. The molecule has 128 valence electrons. The lowest BCUT2D eigenvalue weighted by molar-refractivity contribution is -0.126. The monoisotopic (exact) mass is 326 g/mol. The van der Waals surface area contributed by atoms with Crippen molar-refractivity contribution in [1.82, 2.24) is 10.2 Å². The van der Waals surface area contributed by atoms with Gasteiger partial charge in [0, 0.05) is 25.2 Å². The Morgan fingerprint density at radius 3 is 2.74 bits per heavy atom. The zero-order valence-electron chi connectivity index (χ0n) is 13.8. The highest BCUT2D eigenvalue weighted by molar-refractivity contribution is 5.77. The van der Waals surface area contributed by atoms with Crippen LogP contribution in [0.2, 0.25) is 0 Å². The normalized spacial score (nSPS) is 21.8. The fraction of sp³-hybridized carbons (Fsp3) is 0.588. The molecule has 1 fully saturated rings. The van der Waals surface area contributed by atoms with Gasteiger partial charge in [0.1, 0.15) is 6.61 Å². The van der Waals surface area contributed by atoms with Gasteiger partial charge in [-0.05, 0) is 44.9 Å². The standard InChI is InChI=1S/C17H24F2N2O2/c1-4-23-10-16(22)20-15-7-8-21(11(2)3)17(15)12-5-6-13(18)14(19)9-12/h5-6,9,11,15,17H,4,7-8,10H2,1-3H3,(H,20,22). The molecule has 2 unspecified atom stereocenters. The van der Waals surface area contributed by atoms with Crippen molar-refractivity contribution in [3.8, 4) is 0 Å². The van der Waals surface area contributed by atoms with E-state index in [2.05, 4.69) is 24.1 Å². The first-order valence-corrected chi connectivity index (χ1v) is 8.01. The number of hydrogen-bond donors (Lipinski definition) is 1. The lowest BCUT2D eigenvalue weighted by Crippen LogP contribution is -2.42. The second-order valence-electron chi connectivity index (χ2n) is 6.05. The van der Waals surface area contributed by atoms with Gasteiger partial charge in [-0.2, -0.15) is 0 Å². The van der Waals surface area contributed by atoms with E-state index in [1.807, 2.05) is 6.92 Å². The van der Waals surface area contributed by atoms with Crippen molar-refractivity contribution < 1.29 is 18.3 Å². The van der Waals surface area contributed by atoms with E-state index >= 15 is 0 Å². The van der Waals surface area contributed by atoms with Crippen molar-refractivity contribution in [3.05, 3.63) is 35.4 Å². The van der Waals surface area contributed by atoms with Crippen LogP contribution in [-0.2, 0) is 9.53 Å². The highest BCUT2D eigenvalue weighted by Crippen LogP contribution is 2.34. The van der Waals surface area contributed by atoms with Crippen LogP contribution in [0.4, 0.5) is 8.78 Å². The predicted octanol–water partition coefficient (Wildman–Crippen LogP) is 2.64. The van der Waals surface area contributed by atoms with Crippen molar-refractivity contribution in [2.75, 3.05) is 19.8 Å². The summed E-state index contributed by atoms with van der Waals surface area (Å²) in [5, 5.41) is 2.96. The summed E-state index contributed by atoms with van der Waals surface area (Å²) in [5.41, 5.74) is 0.678. The quantitative estimate of drug-likeness (QED) is 0.874. The first kappa shape index (κ1) is 17.8. The van der Waals surface area contributed by atoms with Crippen LogP contribution in [0.1, 0.15) is 38.8 Å². The lowest BCUT2D eigenvalue weighted by atomic mass is 9.99. The molecule has 0 saturated carbocycles. The van der Waals surface area contributed by atoms with Crippen molar-refractivity contribution in [3.63, 3.8) is 0 Å². The molecule has 0 aromatic heterocycles. The summed E-state index contributed by atoms with van der Waals surface area (Å²) in [4.78, 5) is 14.1. The average molecular weight is 326 g/mol. The van der Waals surface area contributed by atoms with E-state index < -0.39 is 11.6 Å². The van der Waals surface area contributed by atoms with Crippen LogP contribution in [0.5, 0.6) is 0 Å². The summed E-state index contributed by atoms with van der Waals surface area (Å²) in [6.45, 7) is 7.21. The summed E-state index contributed by atoms with van der Waals surface area (Å²) in [7, 11) is 0. The maximum absolute atomic E-state index is 13.6. The third kappa shape index (κ3) is 4.26. The van der Waals surface area contributed by atoms with Crippen LogP contribution in [-0.4, -0.2) is 42.6 Å². The fourth-order valence-electron chi connectivity index (χ4n) is 3.11. The summed E-state index contributed by atoms with van der Waals surface area (Å²) >= 11 is 0. The van der Waals surface area contributed by atoms with Gasteiger partial charge in [-0.1, -0.05) is 6.07 Å². The number of benzene rings is 1. The molecule has 0 aliphatic carbocycles. The Balaban J connectivity index is 2.20. The van der Waals surface area contributed by atoms with Crippen LogP contribution in [0.15, 0.2) is 18.2 Å². The highest BCUT2D eigenvalue weighted by Gasteiger charge is 2.37. The van der Waals surface area contributed by atoms with E-state index in [0.29, 0.717) is 12.2 Å². The maximum atomic E-state index is 13.6. The lowest BCUT2D eigenvalue weighted by Gasteiger charge is -2.32. The molecule has 1 N–H and O–H groups in total. The molecule has 1 aromatic carbocycles. The molecule has 0 bridgehead atoms. The molecule has 2 rings (SSSR count). The molecule has 1 aliphatic heterocycles. The van der Waals surface area contributed by atoms with Crippen molar-refractivity contribution in [1.29, 1.82) is 0 Å².